The Morgan fingerprint density at radius 2 is 2.15 bits per heavy atom. The van der Waals surface area contributed by atoms with Gasteiger partial charge >= 0.3 is 0 Å². The van der Waals surface area contributed by atoms with Crippen LogP contribution >= 0.6 is 0 Å². The molecule has 0 radical (unpaired) electrons. The highest BCUT2D eigenvalue weighted by Gasteiger charge is 2.24. The smallest absolute Gasteiger partial charge is 0.251 e. The molecule has 2 aliphatic heterocycles. The number of carbonyl (C=O) groups is 1. The van der Waals surface area contributed by atoms with E-state index in [2.05, 4.69) is 36.4 Å². The predicted octanol–water partition coefficient (Wildman–Crippen LogP) is 1.66. The lowest BCUT2D eigenvalue weighted by atomic mass is 10.0. The van der Waals surface area contributed by atoms with E-state index in [4.69, 9.17) is 4.74 Å². The quantitative estimate of drug-likeness (QED) is 0.450. The average molecular weight is 449 g/mol. The van der Waals surface area contributed by atoms with Crippen molar-refractivity contribution in [1.29, 1.82) is 0 Å². The number of para-hydroxylation sites is 1. The molecule has 1 unspecified atom stereocenters. The van der Waals surface area contributed by atoms with Gasteiger partial charge in [0.1, 0.15) is 17.4 Å². The van der Waals surface area contributed by atoms with Crippen LogP contribution in [0.4, 0.5) is 5.82 Å². The molecule has 0 bridgehead atoms. The number of ether oxygens (including phenoxy) is 1. The second kappa shape index (κ2) is 9.55. The first-order valence-electron chi connectivity index (χ1n) is 11.2. The molecule has 0 spiro atoms. The fourth-order valence-electron chi connectivity index (χ4n) is 4.26. The van der Waals surface area contributed by atoms with Gasteiger partial charge in [0.15, 0.2) is 5.82 Å². The van der Waals surface area contributed by atoms with Crippen molar-refractivity contribution in [3.8, 4) is 5.75 Å². The summed E-state index contributed by atoms with van der Waals surface area (Å²) in [6.45, 7) is 2.76. The maximum atomic E-state index is 12.9. The van der Waals surface area contributed by atoms with Crippen molar-refractivity contribution in [2.75, 3.05) is 25.1 Å². The van der Waals surface area contributed by atoms with E-state index in [0.717, 1.165) is 49.0 Å². The lowest BCUT2D eigenvalue weighted by Gasteiger charge is -2.26. The van der Waals surface area contributed by atoms with E-state index < -0.39 is 0 Å². The predicted molar refractivity (Wildman–Crippen MR) is 123 cm³/mol. The van der Waals surface area contributed by atoms with Crippen molar-refractivity contribution in [1.82, 2.24) is 35.7 Å². The Labute approximate surface area is 192 Å². The largest absolute Gasteiger partial charge is 0.493 e. The minimum atomic E-state index is -0.139. The van der Waals surface area contributed by atoms with Gasteiger partial charge in [0.2, 0.25) is 0 Å². The number of pyridine rings is 1. The molecule has 1 aromatic carbocycles. The van der Waals surface area contributed by atoms with Gasteiger partial charge in [0, 0.05) is 37.5 Å². The Bertz CT molecular complexity index is 1130. The van der Waals surface area contributed by atoms with Gasteiger partial charge in [-0.05, 0) is 31.2 Å². The van der Waals surface area contributed by atoms with Gasteiger partial charge in [-0.1, -0.05) is 18.2 Å². The summed E-state index contributed by atoms with van der Waals surface area (Å²) in [7, 11) is 1.97. The van der Waals surface area contributed by atoms with Gasteiger partial charge in [0.05, 0.1) is 25.2 Å². The van der Waals surface area contributed by atoms with Crippen molar-refractivity contribution < 1.29 is 9.53 Å². The van der Waals surface area contributed by atoms with Gasteiger partial charge in [-0.2, -0.15) is 0 Å². The molecule has 1 saturated heterocycles. The Balaban J connectivity index is 1.23. The molecule has 10 nitrogen and oxygen atoms in total. The lowest BCUT2D eigenvalue weighted by molar-refractivity contribution is 0.0924. The molecule has 3 aromatic rings. The normalized spacial score (nSPS) is 19.9. The zero-order valence-electron chi connectivity index (χ0n) is 18.5. The summed E-state index contributed by atoms with van der Waals surface area (Å²) in [5.74, 6) is 3.03. The van der Waals surface area contributed by atoms with E-state index in [1.165, 1.54) is 0 Å². The monoisotopic (exact) mass is 448 g/mol. The summed E-state index contributed by atoms with van der Waals surface area (Å²) in [4.78, 5) is 17.3. The topological polar surface area (TPSA) is 118 Å². The Hall–Kier alpha value is -3.50. The number of nitrogens with one attached hydrogen (secondary N) is 4. The standard InChI is InChI=1S/C23H28N8O2/c1-31-21(29-30-22(31)18-7-9-24-14-27-18)13-26-20-12-15(6-10-25-20)23(32)28-17-8-11-33-19-5-3-2-4-16(17)19/h2-6,10,12,17-18,24,27H,7-9,11,13-14H2,1H3,(H,25,26)(H,28,32)/t17-,18?/m0/s1. The van der Waals surface area contributed by atoms with Gasteiger partial charge in [-0.3, -0.25) is 10.1 Å². The SMILES string of the molecule is Cn1c(CNc2cc(C(=O)N[C@H]3CCOc4ccccc43)ccn2)nnc1C1CCNCN1. The molecule has 2 atom stereocenters. The van der Waals surface area contributed by atoms with Crippen molar-refractivity contribution >= 4 is 11.7 Å². The van der Waals surface area contributed by atoms with Gasteiger partial charge in [-0.25, -0.2) is 4.98 Å². The minimum Gasteiger partial charge on any atom is -0.493 e. The van der Waals surface area contributed by atoms with Crippen LogP contribution in [0.25, 0.3) is 0 Å². The molecule has 0 aliphatic carbocycles. The van der Waals surface area contributed by atoms with E-state index in [-0.39, 0.29) is 18.0 Å². The third-order valence-corrected chi connectivity index (χ3v) is 6.11. The average Bonchev–Trinajstić information content (AvgIpc) is 3.24. The van der Waals surface area contributed by atoms with Crippen LogP contribution in [0, 0.1) is 0 Å². The van der Waals surface area contributed by atoms with Crippen LogP contribution in [0.15, 0.2) is 42.6 Å². The van der Waals surface area contributed by atoms with E-state index in [1.54, 1.807) is 18.3 Å². The highest BCUT2D eigenvalue weighted by atomic mass is 16.5. The Morgan fingerprint density at radius 3 is 3.03 bits per heavy atom. The van der Waals surface area contributed by atoms with Crippen LogP contribution in [-0.2, 0) is 13.6 Å². The molecule has 10 heteroatoms. The molecular weight excluding hydrogens is 420 g/mol. The molecule has 2 aliphatic rings. The van der Waals surface area contributed by atoms with E-state index in [0.29, 0.717) is 24.5 Å². The molecule has 4 heterocycles. The number of nitrogens with zero attached hydrogens (tertiary/aromatic N) is 4. The Morgan fingerprint density at radius 1 is 1.24 bits per heavy atom. The third kappa shape index (κ3) is 4.67. The number of hydrogen-bond acceptors (Lipinski definition) is 8. The number of aromatic nitrogens is 4. The fraction of sp³-hybridized carbons (Fsp3) is 0.391. The molecule has 2 aromatic heterocycles. The molecule has 4 N–H and O–H groups in total. The number of benzene rings is 1. The highest BCUT2D eigenvalue weighted by molar-refractivity contribution is 5.95. The maximum Gasteiger partial charge on any atom is 0.251 e. The van der Waals surface area contributed by atoms with Crippen LogP contribution < -0.4 is 26.0 Å². The third-order valence-electron chi connectivity index (χ3n) is 6.11. The maximum absolute atomic E-state index is 12.9. The Kier molecular flexibility index (Phi) is 6.18. The van der Waals surface area contributed by atoms with Crippen molar-refractivity contribution in [3.63, 3.8) is 0 Å². The molecule has 1 amide bonds. The first-order valence-corrected chi connectivity index (χ1v) is 11.2. The fourth-order valence-corrected chi connectivity index (χ4v) is 4.26. The number of anilines is 1. The van der Waals surface area contributed by atoms with Crippen LogP contribution in [0.5, 0.6) is 5.75 Å². The van der Waals surface area contributed by atoms with Crippen LogP contribution in [0.2, 0.25) is 0 Å². The molecule has 172 valence electrons. The van der Waals surface area contributed by atoms with Crippen molar-refractivity contribution in [3.05, 3.63) is 65.4 Å². The number of fused-ring (bicyclic) bond motifs is 1. The zero-order valence-corrected chi connectivity index (χ0v) is 18.5. The molecule has 1 fully saturated rings. The minimum absolute atomic E-state index is 0.0762. The summed E-state index contributed by atoms with van der Waals surface area (Å²) >= 11 is 0. The highest BCUT2D eigenvalue weighted by Crippen LogP contribution is 2.31. The molecule has 5 rings (SSSR count). The second-order valence-corrected chi connectivity index (χ2v) is 8.24. The zero-order chi connectivity index (χ0) is 22.6. The molecular formula is C23H28N8O2. The van der Waals surface area contributed by atoms with Crippen LogP contribution in [-0.4, -0.2) is 45.5 Å². The number of carbonyl (C=O) groups excluding carboxylic acids is 1. The first kappa shape index (κ1) is 21.4. The summed E-state index contributed by atoms with van der Waals surface area (Å²) < 4.78 is 7.70. The van der Waals surface area contributed by atoms with Crippen molar-refractivity contribution in [2.45, 2.75) is 31.5 Å². The van der Waals surface area contributed by atoms with Gasteiger partial charge < -0.3 is 25.3 Å². The summed E-state index contributed by atoms with van der Waals surface area (Å²) in [5.41, 5.74) is 1.56. The van der Waals surface area contributed by atoms with Gasteiger partial charge in [0.25, 0.3) is 5.91 Å². The van der Waals surface area contributed by atoms with E-state index in [9.17, 15) is 4.79 Å². The van der Waals surface area contributed by atoms with Gasteiger partial charge in [-0.15, -0.1) is 10.2 Å². The van der Waals surface area contributed by atoms with E-state index in [1.807, 2.05) is 35.9 Å². The number of amides is 1. The summed E-state index contributed by atoms with van der Waals surface area (Å²) in [6.07, 6.45) is 3.34. The van der Waals surface area contributed by atoms with E-state index >= 15 is 0 Å². The first-order chi connectivity index (χ1) is 16.2. The summed E-state index contributed by atoms with van der Waals surface area (Å²) in [5, 5.41) is 21.8. The van der Waals surface area contributed by atoms with Crippen LogP contribution in [0.3, 0.4) is 0 Å². The summed E-state index contributed by atoms with van der Waals surface area (Å²) in [6, 6.07) is 11.4. The lowest BCUT2D eigenvalue weighted by Crippen LogP contribution is -2.40. The molecule has 33 heavy (non-hydrogen) atoms. The molecule has 0 saturated carbocycles. The van der Waals surface area contributed by atoms with Crippen molar-refractivity contribution in [2.24, 2.45) is 7.05 Å². The second-order valence-electron chi connectivity index (χ2n) is 8.24. The van der Waals surface area contributed by atoms with Crippen LogP contribution in [0.1, 0.15) is 52.5 Å². The number of hydrogen-bond donors (Lipinski definition) is 4. The number of rotatable bonds is 6.